The second-order valence-electron chi connectivity index (χ2n) is 9.69. The third-order valence-electron chi connectivity index (χ3n) is 7.41. The number of rotatable bonds is 6. The number of amides is 2. The summed E-state index contributed by atoms with van der Waals surface area (Å²) in [4.78, 5) is 30.2. The van der Waals surface area contributed by atoms with E-state index in [0.29, 0.717) is 17.5 Å². The molecule has 1 fully saturated rings. The fourth-order valence-electron chi connectivity index (χ4n) is 5.53. The summed E-state index contributed by atoms with van der Waals surface area (Å²) < 4.78 is 2.19. The Morgan fingerprint density at radius 1 is 0.829 bits per heavy atom. The fraction of sp³-hybridized carbons (Fsp3) is 0.379. The highest BCUT2D eigenvalue weighted by atomic mass is 35.5. The number of likely N-dealkylation sites (tertiary alicyclic amines) is 1. The topological polar surface area (TPSA) is 45.6 Å². The molecule has 1 aromatic heterocycles. The minimum Gasteiger partial charge on any atom is -0.348 e. The number of hydrogen-bond donors (Lipinski definition) is 0. The maximum atomic E-state index is 13.4. The number of carbonyl (C=O) groups excluding carboxylic acids is 2. The van der Waals surface area contributed by atoms with Crippen molar-refractivity contribution < 1.29 is 9.59 Å². The van der Waals surface area contributed by atoms with Crippen LogP contribution in [-0.2, 0) is 22.6 Å². The van der Waals surface area contributed by atoms with Crippen LogP contribution in [0.25, 0.3) is 0 Å². The molecule has 5 nitrogen and oxygen atoms in total. The molecule has 5 rings (SSSR count). The van der Waals surface area contributed by atoms with Crippen molar-refractivity contribution in [2.75, 3.05) is 19.6 Å². The van der Waals surface area contributed by atoms with Gasteiger partial charge in [-0.05, 0) is 60.6 Å². The summed E-state index contributed by atoms with van der Waals surface area (Å²) in [5.41, 5.74) is 3.45. The van der Waals surface area contributed by atoms with Gasteiger partial charge in [0.25, 0.3) is 0 Å². The van der Waals surface area contributed by atoms with Crippen LogP contribution in [0.4, 0.5) is 0 Å². The summed E-state index contributed by atoms with van der Waals surface area (Å²) in [6, 6.07) is 22.2. The van der Waals surface area contributed by atoms with Gasteiger partial charge in [-0.3, -0.25) is 9.59 Å². The lowest BCUT2D eigenvalue weighted by atomic mass is 9.90. The van der Waals surface area contributed by atoms with Crippen LogP contribution in [0.15, 0.2) is 72.9 Å². The van der Waals surface area contributed by atoms with E-state index in [-0.39, 0.29) is 30.7 Å². The first kappa shape index (κ1) is 23.7. The number of nitrogens with zero attached hydrogens (tertiary/aromatic N) is 3. The van der Waals surface area contributed by atoms with Crippen molar-refractivity contribution >= 4 is 23.4 Å². The van der Waals surface area contributed by atoms with Crippen molar-refractivity contribution in [3.63, 3.8) is 0 Å². The van der Waals surface area contributed by atoms with E-state index in [4.69, 9.17) is 11.6 Å². The average molecular weight is 490 g/mol. The number of piperidine rings is 1. The predicted octanol–water partition coefficient (Wildman–Crippen LogP) is 5.33. The molecule has 1 unspecified atom stereocenters. The molecule has 0 saturated carbocycles. The second-order valence-corrected chi connectivity index (χ2v) is 10.1. The molecule has 2 amide bonds. The fourth-order valence-corrected chi connectivity index (χ4v) is 5.73. The molecule has 1 saturated heterocycles. The van der Waals surface area contributed by atoms with E-state index in [1.54, 1.807) is 0 Å². The minimum absolute atomic E-state index is 0.0229. The lowest BCUT2D eigenvalue weighted by molar-refractivity contribution is -0.139. The van der Waals surface area contributed by atoms with E-state index in [1.165, 1.54) is 5.56 Å². The summed E-state index contributed by atoms with van der Waals surface area (Å²) in [7, 11) is 0. The number of hydrogen-bond acceptors (Lipinski definition) is 2. The van der Waals surface area contributed by atoms with Crippen LogP contribution < -0.4 is 0 Å². The molecule has 0 radical (unpaired) electrons. The van der Waals surface area contributed by atoms with Crippen molar-refractivity contribution in [3.05, 3.63) is 94.8 Å². The van der Waals surface area contributed by atoms with Gasteiger partial charge in [0.2, 0.25) is 11.8 Å². The van der Waals surface area contributed by atoms with E-state index in [2.05, 4.69) is 41.1 Å². The Labute approximate surface area is 212 Å². The molecule has 2 aromatic carbocycles. The normalized spacial score (nSPS) is 18.4. The molecule has 0 spiro atoms. The smallest absolute Gasteiger partial charge is 0.223 e. The molecule has 2 aliphatic heterocycles. The summed E-state index contributed by atoms with van der Waals surface area (Å²) in [5, 5.41) is 0.657. The Bertz CT molecular complexity index is 1170. The SMILES string of the molecule is O=C(CCC(=O)N1CCn2cccc2C1c1cccc(Cl)c1)N1CCC(Cc2ccccc2)CC1. The first-order chi connectivity index (χ1) is 17.1. The molecule has 0 N–H and O–H groups in total. The van der Waals surface area contributed by atoms with Gasteiger partial charge in [0, 0.05) is 55.9 Å². The van der Waals surface area contributed by atoms with E-state index in [0.717, 1.165) is 50.2 Å². The maximum absolute atomic E-state index is 13.4. The Morgan fingerprint density at radius 2 is 1.60 bits per heavy atom. The molecular weight excluding hydrogens is 458 g/mol. The maximum Gasteiger partial charge on any atom is 0.223 e. The van der Waals surface area contributed by atoms with Crippen LogP contribution in [-0.4, -0.2) is 45.8 Å². The molecule has 6 heteroatoms. The zero-order valence-corrected chi connectivity index (χ0v) is 20.7. The van der Waals surface area contributed by atoms with Gasteiger partial charge >= 0.3 is 0 Å². The quantitative estimate of drug-likeness (QED) is 0.469. The van der Waals surface area contributed by atoms with Crippen LogP contribution in [0, 0.1) is 5.92 Å². The second kappa shape index (κ2) is 10.7. The largest absolute Gasteiger partial charge is 0.348 e. The molecule has 35 heavy (non-hydrogen) atoms. The number of fused-ring (bicyclic) bond motifs is 1. The van der Waals surface area contributed by atoms with E-state index in [9.17, 15) is 9.59 Å². The van der Waals surface area contributed by atoms with Gasteiger partial charge in [-0.15, -0.1) is 0 Å². The molecule has 182 valence electrons. The molecular formula is C29H32ClN3O2. The first-order valence-electron chi connectivity index (χ1n) is 12.6. The summed E-state index contributed by atoms with van der Waals surface area (Å²) >= 11 is 6.28. The molecule has 0 aliphatic carbocycles. The molecule has 3 aromatic rings. The standard InChI is InChI=1S/C29H32ClN3O2/c30-25-9-4-8-24(21-25)29-26-10-5-15-31(26)18-19-33(29)28(35)12-11-27(34)32-16-13-23(14-17-32)20-22-6-2-1-3-7-22/h1-10,15,21,23,29H,11-14,16-20H2. The van der Waals surface area contributed by atoms with E-state index < -0.39 is 0 Å². The highest BCUT2D eigenvalue weighted by molar-refractivity contribution is 6.30. The van der Waals surface area contributed by atoms with Gasteiger partial charge in [-0.1, -0.05) is 54.1 Å². The molecule has 2 aliphatic rings. The summed E-state index contributed by atoms with van der Waals surface area (Å²) in [6.07, 6.45) is 5.67. The Kier molecular flexibility index (Phi) is 7.24. The third-order valence-corrected chi connectivity index (χ3v) is 7.65. The van der Waals surface area contributed by atoms with E-state index in [1.807, 2.05) is 46.2 Å². The number of aromatic nitrogens is 1. The number of benzene rings is 2. The molecule has 1 atom stereocenters. The zero-order chi connectivity index (χ0) is 24.2. The van der Waals surface area contributed by atoms with Crippen LogP contribution in [0.1, 0.15) is 48.5 Å². The third kappa shape index (κ3) is 5.46. The van der Waals surface area contributed by atoms with Gasteiger partial charge in [-0.2, -0.15) is 0 Å². The monoisotopic (exact) mass is 489 g/mol. The summed E-state index contributed by atoms with van der Waals surface area (Å²) in [5.74, 6) is 0.733. The zero-order valence-electron chi connectivity index (χ0n) is 20.0. The number of carbonyl (C=O) groups is 2. The van der Waals surface area contributed by atoms with Gasteiger partial charge < -0.3 is 14.4 Å². The Morgan fingerprint density at radius 3 is 2.37 bits per heavy atom. The van der Waals surface area contributed by atoms with E-state index >= 15 is 0 Å². The van der Waals surface area contributed by atoms with Gasteiger partial charge in [0.1, 0.15) is 0 Å². The van der Waals surface area contributed by atoms with Crippen LogP contribution in [0.5, 0.6) is 0 Å². The van der Waals surface area contributed by atoms with Gasteiger partial charge in [0.15, 0.2) is 0 Å². The lowest BCUT2D eigenvalue weighted by Crippen LogP contribution is -2.43. The number of halogens is 1. The molecule has 3 heterocycles. The Balaban J connectivity index is 1.18. The Hall–Kier alpha value is -3.05. The minimum atomic E-state index is -0.186. The van der Waals surface area contributed by atoms with Crippen LogP contribution in [0.2, 0.25) is 5.02 Å². The van der Waals surface area contributed by atoms with Gasteiger partial charge in [-0.25, -0.2) is 0 Å². The van der Waals surface area contributed by atoms with Crippen molar-refractivity contribution in [1.82, 2.24) is 14.4 Å². The van der Waals surface area contributed by atoms with Gasteiger partial charge in [0.05, 0.1) is 6.04 Å². The highest BCUT2D eigenvalue weighted by Crippen LogP contribution is 2.34. The van der Waals surface area contributed by atoms with Crippen molar-refractivity contribution in [1.29, 1.82) is 0 Å². The van der Waals surface area contributed by atoms with Crippen molar-refractivity contribution in [2.45, 2.75) is 44.7 Å². The predicted molar refractivity (Wildman–Crippen MR) is 138 cm³/mol. The van der Waals surface area contributed by atoms with Crippen molar-refractivity contribution in [2.24, 2.45) is 5.92 Å². The summed E-state index contributed by atoms with van der Waals surface area (Å²) in [6.45, 7) is 2.95. The first-order valence-corrected chi connectivity index (χ1v) is 13.0. The van der Waals surface area contributed by atoms with Crippen LogP contribution in [0.3, 0.4) is 0 Å². The highest BCUT2D eigenvalue weighted by Gasteiger charge is 2.32. The van der Waals surface area contributed by atoms with Crippen LogP contribution >= 0.6 is 11.6 Å². The molecule has 0 bridgehead atoms. The average Bonchev–Trinajstić information content (AvgIpc) is 3.36. The lowest BCUT2D eigenvalue weighted by Gasteiger charge is -2.38. The van der Waals surface area contributed by atoms with Crippen molar-refractivity contribution in [3.8, 4) is 0 Å².